The highest BCUT2D eigenvalue weighted by molar-refractivity contribution is 5.91. The molecule has 0 radical (unpaired) electrons. The summed E-state index contributed by atoms with van der Waals surface area (Å²) in [7, 11) is 0. The normalized spacial score (nSPS) is 20.9. The van der Waals surface area contributed by atoms with E-state index in [4.69, 9.17) is 9.97 Å². The number of aryl methyl sites for hydroxylation is 2. The van der Waals surface area contributed by atoms with E-state index in [2.05, 4.69) is 148 Å². The Labute approximate surface area is 243 Å². The third-order valence-corrected chi connectivity index (χ3v) is 9.65. The topological polar surface area (TPSA) is 32.3 Å². The number of rotatable bonds is 4. The SMILES string of the molecule is CCC1(C)c2ccccc2N2c3nc(-c4ccccc4C)c(-c4ccccc4C)nc3N(c3ccccc3)C2C1C. The van der Waals surface area contributed by atoms with Crippen molar-refractivity contribution in [3.05, 3.63) is 120 Å². The number of anilines is 4. The van der Waals surface area contributed by atoms with Crippen molar-refractivity contribution >= 4 is 23.0 Å². The van der Waals surface area contributed by atoms with Crippen molar-refractivity contribution in [3.8, 4) is 22.5 Å². The average Bonchev–Trinajstić information content (AvgIpc) is 3.34. The molecule has 0 amide bonds. The molecule has 0 aliphatic carbocycles. The zero-order valence-corrected chi connectivity index (χ0v) is 24.5. The summed E-state index contributed by atoms with van der Waals surface area (Å²) in [6.45, 7) is 11.5. The van der Waals surface area contributed by atoms with Crippen LogP contribution in [0.4, 0.5) is 23.0 Å². The molecule has 2 aliphatic rings. The quantitative estimate of drug-likeness (QED) is 0.229. The van der Waals surface area contributed by atoms with Crippen LogP contribution in [0.15, 0.2) is 103 Å². The first-order valence-corrected chi connectivity index (χ1v) is 14.7. The van der Waals surface area contributed by atoms with E-state index in [1.165, 1.54) is 22.4 Å². The maximum Gasteiger partial charge on any atom is 0.179 e. The van der Waals surface area contributed by atoms with Gasteiger partial charge in [0.15, 0.2) is 11.6 Å². The van der Waals surface area contributed by atoms with E-state index in [1.807, 2.05) is 0 Å². The molecule has 7 rings (SSSR count). The number of aromatic nitrogens is 2. The second-order valence-electron chi connectivity index (χ2n) is 11.8. The van der Waals surface area contributed by atoms with Crippen LogP contribution in [-0.2, 0) is 5.41 Å². The first-order valence-electron chi connectivity index (χ1n) is 14.7. The van der Waals surface area contributed by atoms with E-state index in [9.17, 15) is 0 Å². The first kappa shape index (κ1) is 25.5. The number of hydrogen-bond acceptors (Lipinski definition) is 4. The Morgan fingerprint density at radius 2 is 1.17 bits per heavy atom. The lowest BCUT2D eigenvalue weighted by Crippen LogP contribution is -2.54. The largest absolute Gasteiger partial charge is 0.302 e. The van der Waals surface area contributed by atoms with Gasteiger partial charge in [0.2, 0.25) is 0 Å². The highest BCUT2D eigenvalue weighted by Crippen LogP contribution is 2.58. The lowest BCUT2D eigenvalue weighted by Gasteiger charge is -2.50. The van der Waals surface area contributed by atoms with E-state index < -0.39 is 0 Å². The van der Waals surface area contributed by atoms with Crippen LogP contribution in [0.2, 0.25) is 0 Å². The van der Waals surface area contributed by atoms with Gasteiger partial charge in [0.05, 0.1) is 11.4 Å². The highest BCUT2D eigenvalue weighted by atomic mass is 15.5. The predicted molar refractivity (Wildman–Crippen MR) is 170 cm³/mol. The average molecular weight is 537 g/mol. The van der Waals surface area contributed by atoms with Gasteiger partial charge in [-0.05, 0) is 55.2 Å². The van der Waals surface area contributed by atoms with Crippen LogP contribution in [0.1, 0.15) is 43.9 Å². The standard InChI is InChI=1S/C37H36N4/c1-6-37(5)26(4)36-40(27-18-8-7-9-19-27)34-35(41(36)31-23-15-14-22-30(31)37)39-33(29-21-13-11-17-25(29)3)32(38-34)28-20-12-10-16-24(28)2/h7-23,26,36H,6H2,1-5H3. The molecule has 3 atom stereocenters. The van der Waals surface area contributed by atoms with E-state index in [-0.39, 0.29) is 11.6 Å². The summed E-state index contributed by atoms with van der Waals surface area (Å²) < 4.78 is 0. The van der Waals surface area contributed by atoms with E-state index in [0.717, 1.165) is 46.3 Å². The molecule has 2 aliphatic heterocycles. The molecule has 0 bridgehead atoms. The van der Waals surface area contributed by atoms with Crippen LogP contribution in [-0.4, -0.2) is 16.1 Å². The van der Waals surface area contributed by atoms with Crippen LogP contribution >= 0.6 is 0 Å². The monoisotopic (exact) mass is 536 g/mol. The predicted octanol–water partition coefficient (Wildman–Crippen LogP) is 9.36. The molecule has 3 heterocycles. The lowest BCUT2D eigenvalue weighted by atomic mass is 9.66. The van der Waals surface area contributed by atoms with Crippen molar-refractivity contribution < 1.29 is 0 Å². The molecule has 4 aromatic carbocycles. The van der Waals surface area contributed by atoms with E-state index in [1.54, 1.807) is 0 Å². The van der Waals surface area contributed by atoms with Crippen molar-refractivity contribution in [2.24, 2.45) is 5.92 Å². The molecule has 4 heteroatoms. The number of benzene rings is 4. The zero-order chi connectivity index (χ0) is 28.3. The van der Waals surface area contributed by atoms with Crippen molar-refractivity contribution in [1.82, 2.24) is 9.97 Å². The van der Waals surface area contributed by atoms with Crippen molar-refractivity contribution in [1.29, 1.82) is 0 Å². The third-order valence-electron chi connectivity index (χ3n) is 9.65. The molecule has 0 N–H and O–H groups in total. The number of nitrogens with zero attached hydrogens (tertiary/aromatic N) is 4. The minimum absolute atomic E-state index is 0.00449. The maximum absolute atomic E-state index is 5.59. The fourth-order valence-electron chi connectivity index (χ4n) is 6.98. The minimum Gasteiger partial charge on any atom is -0.302 e. The van der Waals surface area contributed by atoms with Gasteiger partial charge in [0.1, 0.15) is 6.17 Å². The fourth-order valence-corrected chi connectivity index (χ4v) is 6.98. The molecule has 0 spiro atoms. The smallest absolute Gasteiger partial charge is 0.179 e. The summed E-state index contributed by atoms with van der Waals surface area (Å²) >= 11 is 0. The second-order valence-corrected chi connectivity index (χ2v) is 11.8. The lowest BCUT2D eigenvalue weighted by molar-refractivity contribution is 0.249. The van der Waals surface area contributed by atoms with Gasteiger partial charge >= 0.3 is 0 Å². The Bertz CT molecular complexity index is 1760. The van der Waals surface area contributed by atoms with E-state index in [0.29, 0.717) is 5.92 Å². The first-order chi connectivity index (χ1) is 19.9. The summed E-state index contributed by atoms with van der Waals surface area (Å²) in [6, 6.07) is 36.7. The van der Waals surface area contributed by atoms with Gasteiger partial charge in [-0.15, -0.1) is 0 Å². The van der Waals surface area contributed by atoms with Gasteiger partial charge in [-0.3, -0.25) is 0 Å². The number of hydrogen-bond donors (Lipinski definition) is 0. The Kier molecular flexibility index (Phi) is 5.97. The van der Waals surface area contributed by atoms with Gasteiger partial charge in [-0.25, -0.2) is 9.97 Å². The summed E-state index contributed by atoms with van der Waals surface area (Å²) in [5, 5.41) is 0. The maximum atomic E-state index is 5.59. The summed E-state index contributed by atoms with van der Waals surface area (Å²) in [5.41, 5.74) is 10.2. The molecule has 0 fully saturated rings. The summed E-state index contributed by atoms with van der Waals surface area (Å²) in [6.07, 6.45) is 1.10. The Balaban J connectivity index is 1.58. The number of fused-ring (bicyclic) bond motifs is 5. The second kappa shape index (κ2) is 9.59. The number of para-hydroxylation sites is 2. The van der Waals surface area contributed by atoms with Gasteiger partial charge in [-0.1, -0.05) is 106 Å². The van der Waals surface area contributed by atoms with Gasteiger partial charge in [0, 0.05) is 33.8 Å². The van der Waals surface area contributed by atoms with Gasteiger partial charge < -0.3 is 9.80 Å². The van der Waals surface area contributed by atoms with Crippen molar-refractivity contribution in [2.45, 2.75) is 52.6 Å². The molecule has 41 heavy (non-hydrogen) atoms. The molecular weight excluding hydrogens is 500 g/mol. The molecule has 4 nitrogen and oxygen atoms in total. The molecular formula is C37H36N4. The van der Waals surface area contributed by atoms with E-state index >= 15 is 0 Å². The van der Waals surface area contributed by atoms with Crippen LogP contribution in [0.25, 0.3) is 22.5 Å². The fraction of sp³-hybridized carbons (Fsp3) is 0.243. The van der Waals surface area contributed by atoms with Crippen LogP contribution in [0.3, 0.4) is 0 Å². The molecule has 0 saturated carbocycles. The Morgan fingerprint density at radius 3 is 1.76 bits per heavy atom. The zero-order valence-electron chi connectivity index (χ0n) is 24.5. The molecule has 5 aromatic rings. The Hall–Kier alpha value is -4.44. The summed E-state index contributed by atoms with van der Waals surface area (Å²) in [5.74, 6) is 2.15. The van der Waals surface area contributed by atoms with Crippen molar-refractivity contribution in [2.75, 3.05) is 9.80 Å². The molecule has 204 valence electrons. The molecule has 1 aromatic heterocycles. The molecule has 0 saturated heterocycles. The molecule has 3 unspecified atom stereocenters. The highest BCUT2D eigenvalue weighted by Gasteiger charge is 2.53. The Morgan fingerprint density at radius 1 is 0.659 bits per heavy atom. The third kappa shape index (κ3) is 3.73. The van der Waals surface area contributed by atoms with Crippen LogP contribution in [0.5, 0.6) is 0 Å². The van der Waals surface area contributed by atoms with Gasteiger partial charge in [0.25, 0.3) is 0 Å². The summed E-state index contributed by atoms with van der Waals surface area (Å²) in [4.78, 5) is 16.1. The van der Waals surface area contributed by atoms with Crippen molar-refractivity contribution in [3.63, 3.8) is 0 Å². The minimum atomic E-state index is 0.00449. The van der Waals surface area contributed by atoms with Gasteiger partial charge in [-0.2, -0.15) is 0 Å². The van der Waals surface area contributed by atoms with Crippen LogP contribution < -0.4 is 9.80 Å². The van der Waals surface area contributed by atoms with Crippen LogP contribution in [0, 0.1) is 19.8 Å².